The SMILES string of the molecule is COc1ccc(SCc2cc(C(=O)NO)no2)cc1. The van der Waals surface area contributed by atoms with Crippen molar-refractivity contribution >= 4 is 17.7 Å². The van der Waals surface area contributed by atoms with Crippen LogP contribution in [0.1, 0.15) is 16.2 Å². The molecular formula is C12H12N2O4S. The summed E-state index contributed by atoms with van der Waals surface area (Å²) in [5, 5.41) is 12.0. The number of carbonyl (C=O) groups excluding carboxylic acids is 1. The number of nitrogens with one attached hydrogen (secondary N) is 1. The minimum absolute atomic E-state index is 0.0489. The molecule has 7 heteroatoms. The summed E-state index contributed by atoms with van der Waals surface area (Å²) in [6.07, 6.45) is 0. The van der Waals surface area contributed by atoms with Crippen molar-refractivity contribution in [2.45, 2.75) is 10.6 Å². The van der Waals surface area contributed by atoms with E-state index in [2.05, 4.69) is 5.16 Å². The third kappa shape index (κ3) is 3.49. The molecule has 1 aromatic heterocycles. The van der Waals surface area contributed by atoms with Gasteiger partial charge in [0.05, 0.1) is 12.9 Å². The molecule has 100 valence electrons. The molecule has 1 aromatic carbocycles. The minimum Gasteiger partial charge on any atom is -0.497 e. The quantitative estimate of drug-likeness (QED) is 0.495. The average molecular weight is 280 g/mol. The predicted octanol–water partition coefficient (Wildman–Crippen LogP) is 2.09. The van der Waals surface area contributed by atoms with Crippen LogP contribution in [-0.2, 0) is 5.75 Å². The summed E-state index contributed by atoms with van der Waals surface area (Å²) < 4.78 is 10.1. The van der Waals surface area contributed by atoms with E-state index in [9.17, 15) is 4.79 Å². The number of amides is 1. The van der Waals surface area contributed by atoms with Gasteiger partial charge in [-0.25, -0.2) is 5.48 Å². The van der Waals surface area contributed by atoms with Crippen LogP contribution in [-0.4, -0.2) is 23.4 Å². The molecule has 0 aliphatic carbocycles. The Labute approximate surface area is 113 Å². The zero-order chi connectivity index (χ0) is 13.7. The molecular weight excluding hydrogens is 268 g/mol. The molecule has 2 aromatic rings. The molecule has 1 heterocycles. The second-order valence-electron chi connectivity index (χ2n) is 3.58. The number of carbonyl (C=O) groups is 1. The van der Waals surface area contributed by atoms with E-state index in [0.29, 0.717) is 11.5 Å². The first-order valence-electron chi connectivity index (χ1n) is 5.40. The van der Waals surface area contributed by atoms with E-state index >= 15 is 0 Å². The van der Waals surface area contributed by atoms with Crippen LogP contribution in [0, 0.1) is 0 Å². The summed E-state index contributed by atoms with van der Waals surface area (Å²) in [5.74, 6) is 1.20. The van der Waals surface area contributed by atoms with Gasteiger partial charge in [0.25, 0.3) is 5.91 Å². The maximum absolute atomic E-state index is 11.1. The number of ether oxygens (including phenoxy) is 1. The lowest BCUT2D eigenvalue weighted by molar-refractivity contribution is 0.0696. The molecule has 0 saturated heterocycles. The van der Waals surface area contributed by atoms with Crippen molar-refractivity contribution in [1.82, 2.24) is 10.6 Å². The maximum atomic E-state index is 11.1. The number of nitrogens with zero attached hydrogens (tertiary/aromatic N) is 1. The van der Waals surface area contributed by atoms with Crippen LogP contribution in [0.4, 0.5) is 0 Å². The van der Waals surface area contributed by atoms with Gasteiger partial charge in [0, 0.05) is 11.0 Å². The Morgan fingerprint density at radius 3 is 2.84 bits per heavy atom. The Hall–Kier alpha value is -1.99. The summed E-state index contributed by atoms with van der Waals surface area (Å²) in [4.78, 5) is 12.1. The Kier molecular flexibility index (Phi) is 4.43. The van der Waals surface area contributed by atoms with Crippen LogP contribution in [0.3, 0.4) is 0 Å². The van der Waals surface area contributed by atoms with Crippen molar-refractivity contribution < 1.29 is 19.3 Å². The van der Waals surface area contributed by atoms with E-state index in [4.69, 9.17) is 14.5 Å². The van der Waals surface area contributed by atoms with Gasteiger partial charge in [-0.3, -0.25) is 10.0 Å². The molecule has 19 heavy (non-hydrogen) atoms. The van der Waals surface area contributed by atoms with Crippen LogP contribution in [0.15, 0.2) is 39.8 Å². The van der Waals surface area contributed by atoms with Crippen LogP contribution in [0.5, 0.6) is 5.75 Å². The fourth-order valence-corrected chi connectivity index (χ4v) is 2.15. The topological polar surface area (TPSA) is 84.6 Å². The van der Waals surface area contributed by atoms with Crippen LogP contribution >= 0.6 is 11.8 Å². The fourth-order valence-electron chi connectivity index (χ4n) is 1.37. The van der Waals surface area contributed by atoms with Gasteiger partial charge in [-0.1, -0.05) is 5.16 Å². The number of methoxy groups -OCH3 is 1. The monoisotopic (exact) mass is 280 g/mol. The highest BCUT2D eigenvalue weighted by atomic mass is 32.2. The first-order valence-corrected chi connectivity index (χ1v) is 6.38. The van der Waals surface area contributed by atoms with E-state index in [1.54, 1.807) is 18.9 Å². The van der Waals surface area contributed by atoms with E-state index in [0.717, 1.165) is 10.6 Å². The second kappa shape index (κ2) is 6.26. The first-order chi connectivity index (χ1) is 9.22. The Bertz CT molecular complexity index is 553. The molecule has 0 atom stereocenters. The standard InChI is InChI=1S/C12H12N2O4S/c1-17-8-2-4-10(5-3-8)19-7-9-6-11(14-18-9)12(15)13-16/h2-6,16H,7H2,1H3,(H,13,15). The third-order valence-electron chi connectivity index (χ3n) is 2.33. The summed E-state index contributed by atoms with van der Waals surface area (Å²) in [6, 6.07) is 9.09. The molecule has 6 nitrogen and oxygen atoms in total. The van der Waals surface area contributed by atoms with Gasteiger partial charge in [0.1, 0.15) is 11.5 Å². The molecule has 0 spiro atoms. The second-order valence-corrected chi connectivity index (χ2v) is 4.63. The number of hydrogen-bond donors (Lipinski definition) is 2. The van der Waals surface area contributed by atoms with Crippen LogP contribution in [0.25, 0.3) is 0 Å². The van der Waals surface area contributed by atoms with Gasteiger partial charge in [-0.15, -0.1) is 11.8 Å². The third-order valence-corrected chi connectivity index (χ3v) is 3.37. The highest BCUT2D eigenvalue weighted by Gasteiger charge is 2.11. The molecule has 0 unspecified atom stereocenters. The van der Waals surface area contributed by atoms with Crippen molar-refractivity contribution in [1.29, 1.82) is 0 Å². The lowest BCUT2D eigenvalue weighted by Crippen LogP contribution is -2.18. The average Bonchev–Trinajstić information content (AvgIpc) is 2.93. The summed E-state index contributed by atoms with van der Waals surface area (Å²) >= 11 is 1.54. The molecule has 0 fully saturated rings. The highest BCUT2D eigenvalue weighted by Crippen LogP contribution is 2.25. The predicted molar refractivity (Wildman–Crippen MR) is 68.3 cm³/mol. The van der Waals surface area contributed by atoms with Crippen molar-refractivity contribution in [3.05, 3.63) is 41.8 Å². The smallest absolute Gasteiger partial charge is 0.296 e. The molecule has 0 aliphatic heterocycles. The lowest BCUT2D eigenvalue weighted by atomic mass is 10.3. The number of benzene rings is 1. The Morgan fingerprint density at radius 1 is 1.47 bits per heavy atom. The number of thioether (sulfide) groups is 1. The maximum Gasteiger partial charge on any atom is 0.296 e. The van der Waals surface area contributed by atoms with Gasteiger partial charge < -0.3 is 9.26 Å². The molecule has 0 saturated carbocycles. The van der Waals surface area contributed by atoms with Crippen molar-refractivity contribution in [2.24, 2.45) is 0 Å². The van der Waals surface area contributed by atoms with Gasteiger partial charge >= 0.3 is 0 Å². The van der Waals surface area contributed by atoms with E-state index in [1.165, 1.54) is 11.5 Å². The largest absolute Gasteiger partial charge is 0.497 e. The summed E-state index contributed by atoms with van der Waals surface area (Å²) in [5.41, 5.74) is 1.55. The lowest BCUT2D eigenvalue weighted by Gasteiger charge is -2.01. The van der Waals surface area contributed by atoms with Gasteiger partial charge in [0.2, 0.25) is 0 Å². The van der Waals surface area contributed by atoms with E-state index in [1.807, 2.05) is 24.3 Å². The van der Waals surface area contributed by atoms with Crippen LogP contribution in [0.2, 0.25) is 0 Å². The van der Waals surface area contributed by atoms with Gasteiger partial charge in [-0.05, 0) is 24.3 Å². The Balaban J connectivity index is 1.94. The normalized spacial score (nSPS) is 10.2. The first kappa shape index (κ1) is 13.4. The molecule has 0 radical (unpaired) electrons. The molecule has 2 rings (SSSR count). The highest BCUT2D eigenvalue weighted by molar-refractivity contribution is 7.98. The number of aromatic nitrogens is 1. The molecule has 1 amide bonds. The van der Waals surface area contributed by atoms with Crippen LogP contribution < -0.4 is 10.2 Å². The summed E-state index contributed by atoms with van der Waals surface area (Å²) in [6.45, 7) is 0. The summed E-state index contributed by atoms with van der Waals surface area (Å²) in [7, 11) is 1.62. The van der Waals surface area contributed by atoms with Gasteiger partial charge in [0.15, 0.2) is 5.69 Å². The molecule has 0 aliphatic rings. The number of hydroxylamine groups is 1. The molecule has 0 bridgehead atoms. The van der Waals surface area contributed by atoms with E-state index < -0.39 is 5.91 Å². The zero-order valence-corrected chi connectivity index (χ0v) is 10.9. The fraction of sp³-hybridized carbons (Fsp3) is 0.167. The number of hydrogen-bond acceptors (Lipinski definition) is 6. The minimum atomic E-state index is -0.690. The van der Waals surface area contributed by atoms with Gasteiger partial charge in [-0.2, -0.15) is 0 Å². The van der Waals surface area contributed by atoms with Crippen molar-refractivity contribution in [3.8, 4) is 5.75 Å². The Morgan fingerprint density at radius 2 is 2.21 bits per heavy atom. The number of rotatable bonds is 5. The van der Waals surface area contributed by atoms with Crippen molar-refractivity contribution in [2.75, 3.05) is 7.11 Å². The molecule has 2 N–H and O–H groups in total. The van der Waals surface area contributed by atoms with Crippen molar-refractivity contribution in [3.63, 3.8) is 0 Å². The van der Waals surface area contributed by atoms with E-state index in [-0.39, 0.29) is 5.69 Å². The zero-order valence-electron chi connectivity index (χ0n) is 10.1.